The van der Waals surface area contributed by atoms with Crippen LogP contribution in [0.2, 0.25) is 0 Å². The lowest BCUT2D eigenvalue weighted by Crippen LogP contribution is -2.11. The third kappa shape index (κ3) is 0.969. The predicted octanol–water partition coefficient (Wildman–Crippen LogP) is 0.318. The van der Waals surface area contributed by atoms with Crippen LogP contribution in [0.15, 0.2) is 24.6 Å². The van der Waals surface area contributed by atoms with Crippen LogP contribution in [0.1, 0.15) is 11.9 Å². The van der Waals surface area contributed by atoms with Gasteiger partial charge in [-0.1, -0.05) is 12.2 Å². The second kappa shape index (κ2) is 2.32. The van der Waals surface area contributed by atoms with Gasteiger partial charge in [-0.15, -0.1) is 10.2 Å². The minimum atomic E-state index is -0.146. The fraction of sp³-hybridized carbons (Fsp3) is 0.143. The summed E-state index contributed by atoms with van der Waals surface area (Å²) in [4.78, 5) is 0. The van der Waals surface area contributed by atoms with Gasteiger partial charge in [0, 0.05) is 6.20 Å². The highest BCUT2D eigenvalue weighted by molar-refractivity contribution is 5.33. The van der Waals surface area contributed by atoms with Crippen molar-refractivity contribution < 1.29 is 0 Å². The second-order valence-electron chi connectivity index (χ2n) is 2.35. The molecular formula is C7H8N4. The summed E-state index contributed by atoms with van der Waals surface area (Å²) >= 11 is 0. The zero-order chi connectivity index (χ0) is 7.68. The highest BCUT2D eigenvalue weighted by Gasteiger charge is 2.09. The molecule has 4 nitrogen and oxygen atoms in total. The Morgan fingerprint density at radius 3 is 3.27 bits per heavy atom. The molecule has 0 radical (unpaired) electrons. The van der Waals surface area contributed by atoms with Gasteiger partial charge in [-0.2, -0.15) is 0 Å². The van der Waals surface area contributed by atoms with Gasteiger partial charge < -0.3 is 5.73 Å². The number of hydrogen-bond acceptors (Lipinski definition) is 3. The second-order valence-corrected chi connectivity index (χ2v) is 2.35. The molecule has 0 fully saturated rings. The van der Waals surface area contributed by atoms with Gasteiger partial charge in [-0.3, -0.25) is 4.57 Å². The van der Waals surface area contributed by atoms with E-state index in [0.717, 1.165) is 5.82 Å². The molecule has 0 saturated carbocycles. The molecule has 1 aromatic heterocycles. The summed E-state index contributed by atoms with van der Waals surface area (Å²) in [6, 6.07) is -0.146. The van der Waals surface area contributed by atoms with Crippen LogP contribution >= 0.6 is 0 Å². The van der Waals surface area contributed by atoms with Crippen molar-refractivity contribution >= 4 is 6.20 Å². The Balaban J connectivity index is 2.53. The summed E-state index contributed by atoms with van der Waals surface area (Å²) in [5, 5.41) is 7.63. The van der Waals surface area contributed by atoms with E-state index in [9.17, 15) is 0 Å². The highest BCUT2D eigenvalue weighted by atomic mass is 15.3. The number of rotatable bonds is 0. The molecule has 0 bridgehead atoms. The molecule has 56 valence electrons. The molecular weight excluding hydrogens is 140 g/mol. The number of nitrogens with two attached hydrogens (primary N) is 1. The lowest BCUT2D eigenvalue weighted by atomic mass is 10.3. The molecule has 1 aliphatic heterocycles. The zero-order valence-corrected chi connectivity index (χ0v) is 5.88. The van der Waals surface area contributed by atoms with E-state index in [1.54, 1.807) is 6.33 Å². The maximum atomic E-state index is 5.74. The van der Waals surface area contributed by atoms with Crippen molar-refractivity contribution in [2.24, 2.45) is 5.73 Å². The molecule has 2 N–H and O–H groups in total. The minimum absolute atomic E-state index is 0.146. The van der Waals surface area contributed by atoms with Gasteiger partial charge in [0.2, 0.25) is 0 Å². The first kappa shape index (κ1) is 6.30. The van der Waals surface area contributed by atoms with E-state index in [1.165, 1.54) is 0 Å². The van der Waals surface area contributed by atoms with Crippen LogP contribution in [0.25, 0.3) is 6.20 Å². The van der Waals surface area contributed by atoms with Crippen molar-refractivity contribution in [1.82, 2.24) is 14.8 Å². The Labute approximate surface area is 64.0 Å². The van der Waals surface area contributed by atoms with Gasteiger partial charge in [0.05, 0.1) is 6.04 Å². The van der Waals surface area contributed by atoms with E-state index < -0.39 is 0 Å². The van der Waals surface area contributed by atoms with Gasteiger partial charge in [0.1, 0.15) is 6.33 Å². The first-order valence-corrected chi connectivity index (χ1v) is 3.38. The number of fused-ring (bicyclic) bond motifs is 1. The van der Waals surface area contributed by atoms with E-state index in [1.807, 2.05) is 29.0 Å². The van der Waals surface area contributed by atoms with Crippen LogP contribution in [0.3, 0.4) is 0 Å². The van der Waals surface area contributed by atoms with E-state index in [4.69, 9.17) is 5.73 Å². The lowest BCUT2D eigenvalue weighted by Gasteiger charge is -2.01. The third-order valence-corrected chi connectivity index (χ3v) is 1.58. The van der Waals surface area contributed by atoms with Gasteiger partial charge in [0.15, 0.2) is 5.82 Å². The van der Waals surface area contributed by atoms with E-state index in [0.29, 0.717) is 0 Å². The summed E-state index contributed by atoms with van der Waals surface area (Å²) in [7, 11) is 0. The first-order valence-electron chi connectivity index (χ1n) is 3.38. The molecule has 0 aliphatic carbocycles. The van der Waals surface area contributed by atoms with Gasteiger partial charge >= 0.3 is 0 Å². The number of aromatic nitrogens is 3. The van der Waals surface area contributed by atoms with Crippen LogP contribution in [0.5, 0.6) is 0 Å². The summed E-state index contributed by atoms with van der Waals surface area (Å²) in [5.74, 6) is 0.773. The van der Waals surface area contributed by atoms with Gasteiger partial charge in [-0.25, -0.2) is 0 Å². The van der Waals surface area contributed by atoms with Crippen LogP contribution in [0, 0.1) is 0 Å². The van der Waals surface area contributed by atoms with Crippen molar-refractivity contribution in [2.45, 2.75) is 6.04 Å². The molecule has 1 aromatic rings. The van der Waals surface area contributed by atoms with Gasteiger partial charge in [0.25, 0.3) is 0 Å². The summed E-state index contributed by atoms with van der Waals surface area (Å²) < 4.78 is 1.81. The maximum Gasteiger partial charge on any atom is 0.157 e. The van der Waals surface area contributed by atoms with Crippen molar-refractivity contribution in [3.05, 3.63) is 30.4 Å². The normalized spacial score (nSPS) is 21.4. The molecule has 0 amide bonds. The van der Waals surface area contributed by atoms with Crippen molar-refractivity contribution in [1.29, 1.82) is 0 Å². The number of allylic oxidation sites excluding steroid dienone is 2. The summed E-state index contributed by atoms with van der Waals surface area (Å²) in [6.07, 6.45) is 9.19. The zero-order valence-electron chi connectivity index (χ0n) is 5.88. The van der Waals surface area contributed by atoms with E-state index in [-0.39, 0.29) is 6.04 Å². The predicted molar refractivity (Wildman–Crippen MR) is 41.4 cm³/mol. The summed E-state index contributed by atoms with van der Waals surface area (Å²) in [6.45, 7) is 0. The topological polar surface area (TPSA) is 56.7 Å². The van der Waals surface area contributed by atoms with E-state index >= 15 is 0 Å². The highest BCUT2D eigenvalue weighted by Crippen LogP contribution is 2.11. The summed E-state index contributed by atoms with van der Waals surface area (Å²) in [5.41, 5.74) is 5.74. The molecule has 1 atom stereocenters. The Kier molecular flexibility index (Phi) is 1.33. The third-order valence-electron chi connectivity index (χ3n) is 1.58. The first-order chi connectivity index (χ1) is 5.38. The Bertz CT molecular complexity index is 310. The van der Waals surface area contributed by atoms with Crippen LogP contribution in [-0.2, 0) is 0 Å². The molecule has 2 heterocycles. The Hall–Kier alpha value is -1.42. The average molecular weight is 148 g/mol. The molecule has 0 aromatic carbocycles. The van der Waals surface area contributed by atoms with Crippen LogP contribution in [0.4, 0.5) is 0 Å². The molecule has 2 rings (SSSR count). The number of nitrogens with zero attached hydrogens (tertiary/aromatic N) is 3. The molecule has 4 heteroatoms. The maximum absolute atomic E-state index is 5.74. The molecule has 0 saturated heterocycles. The molecule has 0 spiro atoms. The monoisotopic (exact) mass is 148 g/mol. The fourth-order valence-corrected chi connectivity index (χ4v) is 1.02. The lowest BCUT2D eigenvalue weighted by molar-refractivity contribution is 0.791. The van der Waals surface area contributed by atoms with Crippen LogP contribution < -0.4 is 5.73 Å². The Morgan fingerprint density at radius 1 is 1.45 bits per heavy atom. The van der Waals surface area contributed by atoms with Gasteiger partial charge in [-0.05, 0) is 6.08 Å². The molecule has 11 heavy (non-hydrogen) atoms. The fourth-order valence-electron chi connectivity index (χ4n) is 1.02. The number of hydrogen-bond donors (Lipinski definition) is 1. The molecule has 1 aliphatic rings. The Morgan fingerprint density at radius 2 is 2.36 bits per heavy atom. The standard InChI is InChI=1S/C7H8N4/c8-6-3-1-2-4-11-5-9-10-7(6)11/h1-6H,8H2. The average Bonchev–Trinajstić information content (AvgIpc) is 2.40. The minimum Gasteiger partial charge on any atom is -0.318 e. The quantitative estimate of drug-likeness (QED) is 0.576. The van der Waals surface area contributed by atoms with Crippen molar-refractivity contribution in [2.75, 3.05) is 0 Å². The van der Waals surface area contributed by atoms with Crippen molar-refractivity contribution in [3.8, 4) is 0 Å². The smallest absolute Gasteiger partial charge is 0.157 e. The largest absolute Gasteiger partial charge is 0.318 e. The van der Waals surface area contributed by atoms with E-state index in [2.05, 4.69) is 10.2 Å². The van der Waals surface area contributed by atoms with Crippen LogP contribution in [-0.4, -0.2) is 14.8 Å². The molecule has 1 unspecified atom stereocenters. The van der Waals surface area contributed by atoms with Crippen molar-refractivity contribution in [3.63, 3.8) is 0 Å². The SMILES string of the molecule is NC1C=CC=Cn2cnnc21.